The Morgan fingerprint density at radius 2 is 2.00 bits per heavy atom. The van der Waals surface area contributed by atoms with Gasteiger partial charge < -0.3 is 5.32 Å². The average Bonchev–Trinajstić information content (AvgIpc) is 2.32. The molecule has 4 nitrogen and oxygen atoms in total. The van der Waals surface area contributed by atoms with Gasteiger partial charge >= 0.3 is 0 Å². The van der Waals surface area contributed by atoms with Crippen LogP contribution in [0.2, 0.25) is 0 Å². The summed E-state index contributed by atoms with van der Waals surface area (Å²) in [6, 6.07) is 5.58. The fourth-order valence-electron chi connectivity index (χ4n) is 2.29. The van der Waals surface area contributed by atoms with E-state index in [-0.39, 0.29) is 18.4 Å². The first-order valence-corrected chi connectivity index (χ1v) is 7.67. The average molecular weight is 305 g/mol. The van der Waals surface area contributed by atoms with Gasteiger partial charge in [0.25, 0.3) is 0 Å². The maximum atomic E-state index is 12.7. The van der Waals surface area contributed by atoms with Crippen molar-refractivity contribution in [2.24, 2.45) is 0 Å². The largest absolute Gasteiger partial charge is 0.314 e. The van der Waals surface area contributed by atoms with E-state index in [2.05, 4.69) is 5.32 Å². The van der Waals surface area contributed by atoms with E-state index >= 15 is 0 Å². The van der Waals surface area contributed by atoms with Gasteiger partial charge in [0.15, 0.2) is 0 Å². The van der Waals surface area contributed by atoms with E-state index < -0.39 is 10.0 Å². The quantitative estimate of drug-likeness (QED) is 0.905. The molecule has 0 saturated carbocycles. The molecule has 1 aliphatic heterocycles. The van der Waals surface area contributed by atoms with E-state index in [9.17, 15) is 8.42 Å². The summed E-state index contributed by atoms with van der Waals surface area (Å²) < 4.78 is 26.9. The zero-order chi connectivity index (χ0) is 13.3. The third kappa shape index (κ3) is 3.28. The number of aryl methyl sites for hydroxylation is 2. The topological polar surface area (TPSA) is 49.4 Å². The third-order valence-corrected chi connectivity index (χ3v) is 5.53. The van der Waals surface area contributed by atoms with Crippen molar-refractivity contribution >= 4 is 22.4 Å². The number of hydrogen-bond acceptors (Lipinski definition) is 3. The summed E-state index contributed by atoms with van der Waals surface area (Å²) in [7, 11) is -3.37. The number of piperazine rings is 1. The monoisotopic (exact) mass is 304 g/mol. The molecular formula is C13H21ClN2O2S. The molecule has 0 aromatic heterocycles. The Bertz CT molecular complexity index is 546. The molecule has 1 saturated heterocycles. The first kappa shape index (κ1) is 16.4. The van der Waals surface area contributed by atoms with Crippen molar-refractivity contribution in [2.45, 2.75) is 31.7 Å². The van der Waals surface area contributed by atoms with Crippen molar-refractivity contribution in [3.05, 3.63) is 29.3 Å². The van der Waals surface area contributed by atoms with Crippen molar-refractivity contribution in [1.82, 2.24) is 9.62 Å². The molecule has 2 rings (SSSR count). The summed E-state index contributed by atoms with van der Waals surface area (Å²) in [4.78, 5) is 0.441. The minimum Gasteiger partial charge on any atom is -0.314 e. The van der Waals surface area contributed by atoms with Gasteiger partial charge in [0, 0.05) is 25.7 Å². The lowest BCUT2D eigenvalue weighted by atomic mass is 10.2. The summed E-state index contributed by atoms with van der Waals surface area (Å²) in [5.74, 6) is 0. The fourth-order valence-corrected chi connectivity index (χ4v) is 4.23. The summed E-state index contributed by atoms with van der Waals surface area (Å²) in [6.45, 7) is 7.67. The van der Waals surface area contributed by atoms with Crippen LogP contribution < -0.4 is 5.32 Å². The predicted octanol–water partition coefficient (Wildman–Crippen LogP) is 1.71. The van der Waals surface area contributed by atoms with Crippen LogP contribution in [-0.4, -0.2) is 38.4 Å². The Labute approximate surface area is 121 Å². The highest BCUT2D eigenvalue weighted by molar-refractivity contribution is 7.89. The molecular weight excluding hydrogens is 284 g/mol. The van der Waals surface area contributed by atoms with Crippen LogP contribution in [0.1, 0.15) is 18.1 Å². The third-order valence-electron chi connectivity index (χ3n) is 3.37. The normalized spacial score (nSPS) is 20.9. The van der Waals surface area contributed by atoms with Gasteiger partial charge in [-0.25, -0.2) is 8.42 Å². The summed E-state index contributed by atoms with van der Waals surface area (Å²) >= 11 is 0. The van der Waals surface area contributed by atoms with Gasteiger partial charge in [-0.05, 0) is 38.0 Å². The van der Waals surface area contributed by atoms with E-state index in [4.69, 9.17) is 0 Å². The van der Waals surface area contributed by atoms with Crippen LogP contribution in [0.25, 0.3) is 0 Å². The maximum absolute atomic E-state index is 12.7. The van der Waals surface area contributed by atoms with Gasteiger partial charge in [-0.1, -0.05) is 12.1 Å². The second kappa shape index (κ2) is 6.22. The molecule has 0 unspecified atom stereocenters. The SMILES string of the molecule is Cc1ccc(C)c(S(=O)(=O)N2CCNC[C@@H]2C)c1.Cl. The molecule has 108 valence electrons. The molecule has 1 aromatic carbocycles. The van der Waals surface area contributed by atoms with Crippen LogP contribution in [0.15, 0.2) is 23.1 Å². The molecule has 0 spiro atoms. The standard InChI is InChI=1S/C13H20N2O2S.ClH/c1-10-4-5-11(2)13(8-10)18(16,17)15-7-6-14-9-12(15)3;/h4-5,8,12,14H,6-7,9H2,1-3H3;1H/t12-;/m0./s1. The molecule has 6 heteroatoms. The van der Waals surface area contributed by atoms with Crippen LogP contribution in [0.4, 0.5) is 0 Å². The van der Waals surface area contributed by atoms with E-state index in [1.807, 2.05) is 32.9 Å². The lowest BCUT2D eigenvalue weighted by Gasteiger charge is -2.33. The Balaban J connectivity index is 0.00000180. The minimum atomic E-state index is -3.37. The van der Waals surface area contributed by atoms with Gasteiger partial charge in [-0.2, -0.15) is 4.31 Å². The number of rotatable bonds is 2. The van der Waals surface area contributed by atoms with Crippen molar-refractivity contribution in [1.29, 1.82) is 0 Å². The van der Waals surface area contributed by atoms with Crippen molar-refractivity contribution < 1.29 is 8.42 Å². The number of nitrogens with one attached hydrogen (secondary N) is 1. The van der Waals surface area contributed by atoms with Gasteiger partial charge in [0.05, 0.1) is 4.90 Å². The van der Waals surface area contributed by atoms with Gasteiger partial charge in [0.1, 0.15) is 0 Å². The number of hydrogen-bond donors (Lipinski definition) is 1. The lowest BCUT2D eigenvalue weighted by Crippen LogP contribution is -2.52. The smallest absolute Gasteiger partial charge is 0.243 e. The zero-order valence-corrected chi connectivity index (χ0v) is 13.1. The van der Waals surface area contributed by atoms with E-state index in [1.54, 1.807) is 10.4 Å². The molecule has 1 fully saturated rings. The highest BCUT2D eigenvalue weighted by Crippen LogP contribution is 2.23. The number of sulfonamides is 1. The first-order chi connectivity index (χ1) is 8.43. The first-order valence-electron chi connectivity index (χ1n) is 6.23. The van der Waals surface area contributed by atoms with Crippen LogP contribution in [-0.2, 0) is 10.0 Å². The summed E-state index contributed by atoms with van der Waals surface area (Å²) in [5.41, 5.74) is 1.79. The van der Waals surface area contributed by atoms with Crippen LogP contribution in [0.5, 0.6) is 0 Å². The fraction of sp³-hybridized carbons (Fsp3) is 0.538. The minimum absolute atomic E-state index is 0. The Hall–Kier alpha value is -0.620. The maximum Gasteiger partial charge on any atom is 0.243 e. The second-order valence-corrected chi connectivity index (χ2v) is 6.80. The molecule has 0 amide bonds. The molecule has 1 aliphatic rings. The number of benzene rings is 1. The Morgan fingerprint density at radius 3 is 2.63 bits per heavy atom. The van der Waals surface area contributed by atoms with E-state index in [0.29, 0.717) is 24.5 Å². The van der Waals surface area contributed by atoms with Crippen LogP contribution in [0, 0.1) is 13.8 Å². The number of halogens is 1. The molecule has 0 bridgehead atoms. The highest BCUT2D eigenvalue weighted by Gasteiger charge is 2.31. The van der Waals surface area contributed by atoms with Crippen molar-refractivity contribution in [3.8, 4) is 0 Å². The molecule has 1 N–H and O–H groups in total. The lowest BCUT2D eigenvalue weighted by molar-refractivity contribution is 0.283. The summed E-state index contributed by atoms with van der Waals surface area (Å²) in [5, 5.41) is 3.21. The second-order valence-electron chi connectivity index (χ2n) is 4.94. The molecule has 0 aliphatic carbocycles. The molecule has 1 heterocycles. The van der Waals surface area contributed by atoms with E-state index in [0.717, 1.165) is 11.1 Å². The van der Waals surface area contributed by atoms with Crippen molar-refractivity contribution in [3.63, 3.8) is 0 Å². The zero-order valence-electron chi connectivity index (χ0n) is 11.5. The molecule has 0 radical (unpaired) electrons. The molecule has 1 aromatic rings. The Morgan fingerprint density at radius 1 is 1.32 bits per heavy atom. The van der Waals surface area contributed by atoms with Gasteiger partial charge in [-0.15, -0.1) is 12.4 Å². The predicted molar refractivity (Wildman–Crippen MR) is 79.4 cm³/mol. The van der Waals surface area contributed by atoms with Gasteiger partial charge in [-0.3, -0.25) is 0 Å². The van der Waals surface area contributed by atoms with Gasteiger partial charge in [0.2, 0.25) is 10.0 Å². The van der Waals surface area contributed by atoms with E-state index in [1.165, 1.54) is 0 Å². The molecule has 1 atom stereocenters. The molecule has 19 heavy (non-hydrogen) atoms. The summed E-state index contributed by atoms with van der Waals surface area (Å²) in [6.07, 6.45) is 0. The highest BCUT2D eigenvalue weighted by atomic mass is 35.5. The van der Waals surface area contributed by atoms with Crippen LogP contribution in [0.3, 0.4) is 0 Å². The van der Waals surface area contributed by atoms with Crippen molar-refractivity contribution in [2.75, 3.05) is 19.6 Å². The number of nitrogens with zero attached hydrogens (tertiary/aromatic N) is 1. The Kier molecular flexibility index (Phi) is 5.38. The van der Waals surface area contributed by atoms with Crippen LogP contribution >= 0.6 is 12.4 Å².